The van der Waals surface area contributed by atoms with Gasteiger partial charge in [-0.1, -0.05) is 11.6 Å². The SMILES string of the molecule is Nc1cc(Cl)c(F)c(S(=O)(=O)NCC(F)(F)F)c1. The van der Waals surface area contributed by atoms with E-state index in [2.05, 4.69) is 0 Å². The van der Waals surface area contributed by atoms with Crippen molar-refractivity contribution in [1.82, 2.24) is 4.72 Å². The Bertz CT molecular complexity index is 559. The van der Waals surface area contributed by atoms with Crippen molar-refractivity contribution in [3.63, 3.8) is 0 Å². The Balaban J connectivity index is 3.13. The van der Waals surface area contributed by atoms with Crippen LogP contribution >= 0.6 is 11.6 Å². The summed E-state index contributed by atoms with van der Waals surface area (Å²) < 4.78 is 73.2. The van der Waals surface area contributed by atoms with Gasteiger partial charge < -0.3 is 5.73 Å². The van der Waals surface area contributed by atoms with Crippen LogP contribution in [0.1, 0.15) is 0 Å². The van der Waals surface area contributed by atoms with Crippen LogP contribution in [0.15, 0.2) is 17.0 Å². The third kappa shape index (κ3) is 3.72. The van der Waals surface area contributed by atoms with Gasteiger partial charge in [-0.05, 0) is 12.1 Å². The van der Waals surface area contributed by atoms with Crippen molar-refractivity contribution < 1.29 is 26.0 Å². The average Bonchev–Trinajstić information content (AvgIpc) is 2.19. The summed E-state index contributed by atoms with van der Waals surface area (Å²) in [5.41, 5.74) is 5.06. The largest absolute Gasteiger partial charge is 0.402 e. The second-order valence-electron chi connectivity index (χ2n) is 3.25. The maximum Gasteiger partial charge on any atom is 0.402 e. The Morgan fingerprint density at radius 1 is 1.33 bits per heavy atom. The molecule has 0 fully saturated rings. The Kier molecular flexibility index (Phi) is 4.08. The van der Waals surface area contributed by atoms with Crippen LogP contribution in [0, 0.1) is 5.82 Å². The van der Waals surface area contributed by atoms with Crippen molar-refractivity contribution in [2.75, 3.05) is 12.3 Å². The number of alkyl halides is 3. The summed E-state index contributed by atoms with van der Waals surface area (Å²) in [6.45, 7) is -1.82. The smallest absolute Gasteiger partial charge is 0.399 e. The molecule has 0 bridgehead atoms. The second-order valence-corrected chi connectivity index (χ2v) is 5.40. The van der Waals surface area contributed by atoms with Gasteiger partial charge in [0.1, 0.15) is 11.4 Å². The molecule has 0 atom stereocenters. The third-order valence-electron chi connectivity index (χ3n) is 1.77. The molecule has 0 aliphatic rings. The molecule has 0 saturated carbocycles. The minimum atomic E-state index is -4.76. The van der Waals surface area contributed by atoms with E-state index in [0.29, 0.717) is 6.07 Å². The number of nitrogens with two attached hydrogens (primary N) is 1. The zero-order chi connectivity index (χ0) is 14.1. The summed E-state index contributed by atoms with van der Waals surface area (Å²) in [6, 6.07) is 1.62. The number of nitrogens with one attached hydrogen (secondary N) is 1. The highest BCUT2D eigenvalue weighted by Gasteiger charge is 2.31. The number of halogens is 5. The van der Waals surface area contributed by atoms with Crippen molar-refractivity contribution >= 4 is 27.3 Å². The van der Waals surface area contributed by atoms with E-state index in [1.165, 1.54) is 4.72 Å². The number of hydrogen-bond donors (Lipinski definition) is 2. The number of hydrogen-bond acceptors (Lipinski definition) is 3. The molecule has 18 heavy (non-hydrogen) atoms. The molecule has 0 aliphatic carbocycles. The summed E-state index contributed by atoms with van der Waals surface area (Å²) in [6.07, 6.45) is -4.76. The van der Waals surface area contributed by atoms with Gasteiger partial charge in [-0.2, -0.15) is 13.2 Å². The quantitative estimate of drug-likeness (QED) is 0.662. The van der Waals surface area contributed by atoms with Crippen LogP contribution in [0.4, 0.5) is 23.2 Å². The van der Waals surface area contributed by atoms with Gasteiger partial charge in [0.2, 0.25) is 10.0 Å². The number of sulfonamides is 1. The lowest BCUT2D eigenvalue weighted by Crippen LogP contribution is -2.34. The molecule has 4 nitrogen and oxygen atoms in total. The highest BCUT2D eigenvalue weighted by atomic mass is 35.5. The van der Waals surface area contributed by atoms with E-state index in [0.717, 1.165) is 6.07 Å². The molecule has 1 rings (SSSR count). The van der Waals surface area contributed by atoms with Crippen LogP contribution in [0.25, 0.3) is 0 Å². The number of anilines is 1. The van der Waals surface area contributed by atoms with Crippen LogP contribution < -0.4 is 10.5 Å². The van der Waals surface area contributed by atoms with Crippen molar-refractivity contribution in [3.8, 4) is 0 Å². The van der Waals surface area contributed by atoms with Gasteiger partial charge in [-0.3, -0.25) is 0 Å². The van der Waals surface area contributed by atoms with Crippen molar-refractivity contribution in [3.05, 3.63) is 23.0 Å². The van der Waals surface area contributed by atoms with Crippen molar-refractivity contribution in [2.45, 2.75) is 11.1 Å². The first-order valence-corrected chi connectivity index (χ1v) is 6.20. The van der Waals surface area contributed by atoms with E-state index < -0.39 is 38.5 Å². The standard InChI is InChI=1S/C8H7ClF4N2O2S/c9-5-1-4(14)2-6(7(5)10)18(16,17)15-3-8(11,12)13/h1-2,15H,3,14H2. The molecule has 0 saturated heterocycles. The van der Waals surface area contributed by atoms with E-state index in [1.54, 1.807) is 0 Å². The van der Waals surface area contributed by atoms with Gasteiger partial charge in [-0.15, -0.1) is 0 Å². The molecule has 0 spiro atoms. The molecule has 0 heterocycles. The predicted molar refractivity (Wildman–Crippen MR) is 57.1 cm³/mol. The van der Waals surface area contributed by atoms with Crippen LogP contribution in [-0.4, -0.2) is 21.1 Å². The Labute approximate surface area is 105 Å². The number of benzene rings is 1. The third-order valence-corrected chi connectivity index (χ3v) is 3.44. The molecule has 0 amide bonds. The van der Waals surface area contributed by atoms with E-state index in [1.807, 2.05) is 0 Å². The topological polar surface area (TPSA) is 72.2 Å². The lowest BCUT2D eigenvalue weighted by Gasteiger charge is -2.11. The summed E-state index contributed by atoms with van der Waals surface area (Å²) in [5, 5.41) is -0.595. The predicted octanol–water partition coefficient (Wildman–Crippen LogP) is 1.90. The molecule has 0 radical (unpaired) electrons. The van der Waals surface area contributed by atoms with Gasteiger partial charge in [0, 0.05) is 5.69 Å². The van der Waals surface area contributed by atoms with E-state index >= 15 is 0 Å². The van der Waals surface area contributed by atoms with Crippen molar-refractivity contribution in [2.24, 2.45) is 0 Å². The fourth-order valence-corrected chi connectivity index (χ4v) is 2.46. The first kappa shape index (κ1) is 15.0. The normalized spacial score (nSPS) is 12.7. The van der Waals surface area contributed by atoms with E-state index in [-0.39, 0.29) is 5.69 Å². The molecule has 10 heteroatoms. The number of rotatable bonds is 3. The second kappa shape index (κ2) is 4.90. The molecular formula is C8H7ClF4N2O2S. The van der Waals surface area contributed by atoms with Crippen LogP contribution in [0.2, 0.25) is 5.02 Å². The van der Waals surface area contributed by atoms with Gasteiger partial charge in [0.05, 0.1) is 5.02 Å². The lowest BCUT2D eigenvalue weighted by molar-refractivity contribution is -0.121. The van der Waals surface area contributed by atoms with E-state index in [9.17, 15) is 26.0 Å². The van der Waals surface area contributed by atoms with Gasteiger partial charge in [0.15, 0.2) is 5.82 Å². The van der Waals surface area contributed by atoms with Gasteiger partial charge >= 0.3 is 6.18 Å². The summed E-state index contributed by atoms with van der Waals surface area (Å²) >= 11 is 5.35. The van der Waals surface area contributed by atoms with Crippen molar-refractivity contribution in [1.29, 1.82) is 0 Å². The van der Waals surface area contributed by atoms with Crippen LogP contribution in [0.5, 0.6) is 0 Å². The maximum atomic E-state index is 13.4. The Hall–Kier alpha value is -1.06. The molecule has 0 aromatic heterocycles. The first-order valence-electron chi connectivity index (χ1n) is 4.34. The highest BCUT2D eigenvalue weighted by molar-refractivity contribution is 7.89. The van der Waals surface area contributed by atoms with Gasteiger partial charge in [-0.25, -0.2) is 17.5 Å². The molecule has 3 N–H and O–H groups in total. The maximum absolute atomic E-state index is 13.4. The zero-order valence-electron chi connectivity index (χ0n) is 8.55. The zero-order valence-corrected chi connectivity index (χ0v) is 10.1. The molecule has 102 valence electrons. The molecule has 1 aromatic rings. The minimum absolute atomic E-state index is 0.186. The fraction of sp³-hybridized carbons (Fsp3) is 0.250. The van der Waals surface area contributed by atoms with Gasteiger partial charge in [0.25, 0.3) is 0 Å². The van der Waals surface area contributed by atoms with E-state index in [4.69, 9.17) is 17.3 Å². The Morgan fingerprint density at radius 3 is 2.39 bits per heavy atom. The number of nitrogen functional groups attached to an aromatic ring is 1. The summed E-state index contributed by atoms with van der Waals surface area (Å²) in [5.74, 6) is -1.36. The van der Waals surface area contributed by atoms with Crippen LogP contribution in [-0.2, 0) is 10.0 Å². The molecular weight excluding hydrogens is 300 g/mol. The van der Waals surface area contributed by atoms with Crippen LogP contribution in [0.3, 0.4) is 0 Å². The summed E-state index contributed by atoms with van der Waals surface area (Å²) in [4.78, 5) is -1.03. The highest BCUT2D eigenvalue weighted by Crippen LogP contribution is 2.26. The average molecular weight is 307 g/mol. The Morgan fingerprint density at radius 2 is 1.89 bits per heavy atom. The summed E-state index contributed by atoms with van der Waals surface area (Å²) in [7, 11) is -4.68. The lowest BCUT2D eigenvalue weighted by atomic mass is 10.3. The monoisotopic (exact) mass is 306 g/mol. The molecule has 0 unspecified atom stereocenters. The molecule has 1 aromatic carbocycles. The minimum Gasteiger partial charge on any atom is -0.399 e. The first-order chi connectivity index (χ1) is 8.03. The molecule has 0 aliphatic heterocycles. The fourth-order valence-electron chi connectivity index (χ4n) is 1.03.